The van der Waals surface area contributed by atoms with Crippen LogP contribution in [0.25, 0.3) is 0 Å². The van der Waals surface area contributed by atoms with Crippen molar-refractivity contribution in [2.75, 3.05) is 26.2 Å². The minimum atomic E-state index is -0.539. The van der Waals surface area contributed by atoms with Gasteiger partial charge in [-0.3, -0.25) is 9.59 Å². The summed E-state index contributed by atoms with van der Waals surface area (Å²) < 4.78 is 5.78. The number of ether oxygens (including phenoxy) is 1. The fourth-order valence-corrected chi connectivity index (χ4v) is 3.72. The van der Waals surface area contributed by atoms with E-state index in [0.29, 0.717) is 16.7 Å². The number of nitrogens with one attached hydrogen (secondary N) is 1. The van der Waals surface area contributed by atoms with E-state index in [2.05, 4.69) is 5.32 Å². The minimum absolute atomic E-state index is 0. The van der Waals surface area contributed by atoms with Gasteiger partial charge < -0.3 is 15.0 Å². The fraction of sp³-hybridized carbons (Fsp3) is 0.579. The zero-order valence-corrected chi connectivity index (χ0v) is 15.7. The van der Waals surface area contributed by atoms with Gasteiger partial charge in [-0.05, 0) is 57.2 Å². The lowest BCUT2D eigenvalue weighted by molar-refractivity contribution is -0.140. The number of Topliss-reactive ketones (excluding diaryl/α,β-unsaturated/α-hetero) is 1. The first-order valence-electron chi connectivity index (χ1n) is 8.76. The van der Waals surface area contributed by atoms with Crippen molar-refractivity contribution >= 4 is 24.1 Å². The van der Waals surface area contributed by atoms with Crippen LogP contribution in [-0.4, -0.2) is 48.9 Å². The van der Waals surface area contributed by atoms with Crippen LogP contribution in [-0.2, 0) is 4.79 Å². The number of rotatable bonds is 4. The van der Waals surface area contributed by atoms with Crippen LogP contribution in [0.4, 0.5) is 0 Å². The van der Waals surface area contributed by atoms with E-state index in [0.717, 1.165) is 39.0 Å². The summed E-state index contributed by atoms with van der Waals surface area (Å²) in [6.45, 7) is 7.10. The molecule has 1 amide bonds. The van der Waals surface area contributed by atoms with Crippen molar-refractivity contribution in [1.82, 2.24) is 10.2 Å². The van der Waals surface area contributed by atoms with Gasteiger partial charge in [-0.1, -0.05) is 12.1 Å². The third kappa shape index (κ3) is 4.53. The van der Waals surface area contributed by atoms with E-state index < -0.39 is 6.10 Å². The van der Waals surface area contributed by atoms with Crippen LogP contribution >= 0.6 is 12.4 Å². The van der Waals surface area contributed by atoms with Crippen LogP contribution in [0, 0.1) is 5.41 Å². The monoisotopic (exact) mass is 366 g/mol. The largest absolute Gasteiger partial charge is 0.481 e. The van der Waals surface area contributed by atoms with E-state index in [1.165, 1.54) is 13.3 Å². The molecular weight excluding hydrogens is 340 g/mol. The summed E-state index contributed by atoms with van der Waals surface area (Å²) >= 11 is 0. The maximum absolute atomic E-state index is 12.6. The number of carbonyl (C=O) groups excluding carboxylic acids is 2. The van der Waals surface area contributed by atoms with Gasteiger partial charge in [-0.25, -0.2) is 0 Å². The molecule has 138 valence electrons. The summed E-state index contributed by atoms with van der Waals surface area (Å²) in [5.74, 6) is 0.590. The predicted octanol–water partition coefficient (Wildman–Crippen LogP) is 2.68. The van der Waals surface area contributed by atoms with Crippen LogP contribution in [0.3, 0.4) is 0 Å². The average Bonchev–Trinajstić information content (AvgIpc) is 3.03. The Morgan fingerprint density at radius 3 is 2.56 bits per heavy atom. The second kappa shape index (κ2) is 8.19. The van der Waals surface area contributed by atoms with Crippen molar-refractivity contribution in [2.24, 2.45) is 5.41 Å². The van der Waals surface area contributed by atoms with E-state index in [-0.39, 0.29) is 24.1 Å². The molecular formula is C19H27ClN2O3. The Morgan fingerprint density at radius 1 is 1.24 bits per heavy atom. The maximum Gasteiger partial charge on any atom is 0.263 e. The SMILES string of the molecule is CC(=O)c1cccc(OC(C)C(=O)N2CCC3(CCNC3)CC2)c1.Cl. The van der Waals surface area contributed by atoms with Gasteiger partial charge in [0.2, 0.25) is 0 Å². The quantitative estimate of drug-likeness (QED) is 0.832. The Hall–Kier alpha value is -1.59. The molecule has 0 aromatic heterocycles. The number of likely N-dealkylation sites (tertiary alicyclic amines) is 1. The summed E-state index contributed by atoms with van der Waals surface area (Å²) in [5.41, 5.74) is 0.997. The molecule has 2 fully saturated rings. The number of hydrogen-bond donors (Lipinski definition) is 1. The molecule has 2 heterocycles. The van der Waals surface area contributed by atoms with Crippen molar-refractivity contribution in [1.29, 1.82) is 0 Å². The van der Waals surface area contributed by atoms with Crippen molar-refractivity contribution in [2.45, 2.75) is 39.2 Å². The molecule has 2 aliphatic heterocycles. The van der Waals surface area contributed by atoms with Crippen LogP contribution < -0.4 is 10.1 Å². The Balaban J connectivity index is 0.00000225. The van der Waals surface area contributed by atoms with E-state index in [1.54, 1.807) is 31.2 Å². The maximum atomic E-state index is 12.6. The topological polar surface area (TPSA) is 58.6 Å². The number of benzene rings is 1. The van der Waals surface area contributed by atoms with Crippen LogP contribution in [0.5, 0.6) is 5.75 Å². The molecule has 1 unspecified atom stereocenters. The first kappa shape index (κ1) is 19.7. The highest BCUT2D eigenvalue weighted by atomic mass is 35.5. The molecule has 1 aromatic rings. The summed E-state index contributed by atoms with van der Waals surface area (Å²) in [6, 6.07) is 7.01. The van der Waals surface area contributed by atoms with Gasteiger partial charge in [-0.2, -0.15) is 0 Å². The second-order valence-electron chi connectivity index (χ2n) is 7.10. The molecule has 2 saturated heterocycles. The molecule has 3 rings (SSSR count). The Bertz CT molecular complexity index is 619. The Kier molecular flexibility index (Phi) is 6.47. The van der Waals surface area contributed by atoms with Crippen molar-refractivity contribution in [3.8, 4) is 5.75 Å². The van der Waals surface area contributed by atoms with E-state index >= 15 is 0 Å². The summed E-state index contributed by atoms with van der Waals surface area (Å²) in [7, 11) is 0. The number of piperidine rings is 1. The number of hydrogen-bond acceptors (Lipinski definition) is 4. The van der Waals surface area contributed by atoms with Crippen LogP contribution in [0.1, 0.15) is 43.5 Å². The highest BCUT2D eigenvalue weighted by Crippen LogP contribution is 2.37. The second-order valence-corrected chi connectivity index (χ2v) is 7.10. The third-order valence-electron chi connectivity index (χ3n) is 5.37. The van der Waals surface area contributed by atoms with Crippen LogP contribution in [0.2, 0.25) is 0 Å². The lowest BCUT2D eigenvalue weighted by Crippen LogP contribution is -2.48. The van der Waals surface area contributed by atoms with E-state index in [4.69, 9.17) is 4.74 Å². The number of halogens is 1. The fourth-order valence-electron chi connectivity index (χ4n) is 3.72. The molecule has 0 aliphatic carbocycles. The van der Waals surface area contributed by atoms with Gasteiger partial charge in [-0.15, -0.1) is 12.4 Å². The van der Waals surface area contributed by atoms with Crippen molar-refractivity contribution < 1.29 is 14.3 Å². The van der Waals surface area contributed by atoms with Gasteiger partial charge in [0.1, 0.15) is 5.75 Å². The minimum Gasteiger partial charge on any atom is -0.481 e. The van der Waals surface area contributed by atoms with Crippen LogP contribution in [0.15, 0.2) is 24.3 Å². The molecule has 0 saturated carbocycles. The zero-order chi connectivity index (χ0) is 17.2. The third-order valence-corrected chi connectivity index (χ3v) is 5.37. The van der Waals surface area contributed by atoms with Gasteiger partial charge in [0.15, 0.2) is 11.9 Å². The van der Waals surface area contributed by atoms with E-state index in [1.807, 2.05) is 4.90 Å². The average molecular weight is 367 g/mol. The molecule has 25 heavy (non-hydrogen) atoms. The lowest BCUT2D eigenvalue weighted by Gasteiger charge is -2.39. The molecule has 1 aromatic carbocycles. The lowest BCUT2D eigenvalue weighted by atomic mass is 9.78. The first-order chi connectivity index (χ1) is 11.5. The molecule has 5 nitrogen and oxygen atoms in total. The van der Waals surface area contributed by atoms with E-state index in [9.17, 15) is 9.59 Å². The summed E-state index contributed by atoms with van der Waals surface area (Å²) in [6.07, 6.45) is 2.82. The summed E-state index contributed by atoms with van der Waals surface area (Å²) in [5, 5.41) is 3.44. The van der Waals surface area contributed by atoms with Gasteiger partial charge in [0.25, 0.3) is 5.91 Å². The predicted molar refractivity (Wildman–Crippen MR) is 99.5 cm³/mol. The molecule has 1 atom stereocenters. The zero-order valence-electron chi connectivity index (χ0n) is 14.9. The first-order valence-corrected chi connectivity index (χ1v) is 8.76. The highest BCUT2D eigenvalue weighted by molar-refractivity contribution is 5.94. The van der Waals surface area contributed by atoms with Gasteiger partial charge in [0.05, 0.1) is 0 Å². The van der Waals surface area contributed by atoms with Crippen molar-refractivity contribution in [3.63, 3.8) is 0 Å². The Morgan fingerprint density at radius 2 is 1.96 bits per heavy atom. The summed E-state index contributed by atoms with van der Waals surface area (Å²) in [4.78, 5) is 26.0. The number of amides is 1. The Labute approximate surface area is 155 Å². The standard InChI is InChI=1S/C19H26N2O3.ClH/c1-14(22)16-4-3-5-17(12-16)24-15(2)18(23)21-10-7-19(8-11-21)6-9-20-13-19;/h3-5,12,15,20H,6-11,13H2,1-2H3;1H. The molecule has 2 aliphatic rings. The normalized spacial score (nSPS) is 20.0. The highest BCUT2D eigenvalue weighted by Gasteiger charge is 2.38. The number of carbonyl (C=O) groups is 2. The number of nitrogens with zero attached hydrogens (tertiary/aromatic N) is 1. The van der Waals surface area contributed by atoms with Crippen molar-refractivity contribution in [3.05, 3.63) is 29.8 Å². The van der Waals surface area contributed by atoms with Gasteiger partial charge >= 0.3 is 0 Å². The molecule has 1 N–H and O–H groups in total. The number of ketones is 1. The molecule has 0 bridgehead atoms. The smallest absolute Gasteiger partial charge is 0.263 e. The molecule has 1 spiro atoms. The molecule has 0 radical (unpaired) electrons. The molecule has 6 heteroatoms. The van der Waals surface area contributed by atoms with Gasteiger partial charge in [0, 0.05) is 25.2 Å².